The summed E-state index contributed by atoms with van der Waals surface area (Å²) in [5, 5.41) is 18.1. The first-order valence-corrected chi connectivity index (χ1v) is 13.4. The Morgan fingerprint density at radius 2 is 1.79 bits per heavy atom. The summed E-state index contributed by atoms with van der Waals surface area (Å²) < 4.78 is 53.0. The number of fused-ring (bicyclic) bond motifs is 3. The number of hydrogen-bond donors (Lipinski definition) is 4. The van der Waals surface area contributed by atoms with Crippen LogP contribution in [0.25, 0.3) is 21.7 Å². The van der Waals surface area contributed by atoms with Crippen LogP contribution in [0.3, 0.4) is 0 Å². The topological polar surface area (TPSA) is 141 Å². The number of halogens is 3. The molecule has 0 spiro atoms. The number of aliphatic hydroxyl groups is 1. The molecule has 0 unspecified atom stereocenters. The van der Waals surface area contributed by atoms with Crippen molar-refractivity contribution in [2.24, 2.45) is 5.73 Å². The van der Waals surface area contributed by atoms with E-state index in [1.54, 1.807) is 30.6 Å². The van der Waals surface area contributed by atoms with Crippen LogP contribution >= 0.6 is 0 Å². The van der Waals surface area contributed by atoms with E-state index in [2.05, 4.69) is 25.3 Å². The third-order valence-electron chi connectivity index (χ3n) is 6.17. The molecule has 0 atom stereocenters. The van der Waals surface area contributed by atoms with Crippen molar-refractivity contribution in [3.8, 4) is 11.5 Å². The van der Waals surface area contributed by atoms with Crippen LogP contribution in [0.4, 0.5) is 19.0 Å². The maximum Gasteiger partial charge on any atom is 0.573 e. The monoisotopic (exact) mass is 587 g/mol. The van der Waals surface area contributed by atoms with E-state index in [1.807, 2.05) is 12.1 Å². The molecule has 0 aliphatic heterocycles. The van der Waals surface area contributed by atoms with E-state index in [9.17, 15) is 18.0 Å². The zero-order valence-electron chi connectivity index (χ0n) is 22.7. The van der Waals surface area contributed by atoms with Crippen molar-refractivity contribution in [2.75, 3.05) is 44.8 Å². The van der Waals surface area contributed by atoms with Gasteiger partial charge in [-0.05, 0) is 55.3 Å². The summed E-state index contributed by atoms with van der Waals surface area (Å²) in [6, 6.07) is 11.1. The number of benzene rings is 2. The number of primary amides is 1. The first-order chi connectivity index (χ1) is 20.2. The van der Waals surface area contributed by atoms with Gasteiger partial charge in [0, 0.05) is 59.9 Å². The third-order valence-corrected chi connectivity index (χ3v) is 6.17. The van der Waals surface area contributed by atoms with Crippen molar-refractivity contribution in [1.29, 1.82) is 0 Å². The molecule has 0 aliphatic rings. The molecule has 0 radical (unpaired) electrons. The second-order valence-corrected chi connectivity index (χ2v) is 9.33. The number of amides is 1. The number of carbonyl (C=O) groups is 1. The Hall–Kier alpha value is -4.20. The number of unbranched alkanes of at least 4 members (excludes halogenated alkanes) is 1. The quantitative estimate of drug-likeness (QED) is 0.112. The fraction of sp³-hybridized carbons (Fsp3) is 0.345. The molecule has 4 aromatic rings. The van der Waals surface area contributed by atoms with Crippen molar-refractivity contribution >= 4 is 33.4 Å². The van der Waals surface area contributed by atoms with Crippen molar-refractivity contribution < 1.29 is 37.3 Å². The predicted molar refractivity (Wildman–Crippen MR) is 152 cm³/mol. The van der Waals surface area contributed by atoms with Gasteiger partial charge in [0.25, 0.3) is 0 Å². The minimum atomic E-state index is -4.82. The molecule has 4 rings (SSSR count). The maximum atomic E-state index is 12.6. The average Bonchev–Trinajstić information content (AvgIpc) is 2.95. The molecule has 2 aromatic heterocycles. The average molecular weight is 588 g/mol. The van der Waals surface area contributed by atoms with Crippen LogP contribution in [0.5, 0.6) is 11.5 Å². The molecule has 0 bridgehead atoms. The molecule has 10 nitrogen and oxygen atoms in total. The van der Waals surface area contributed by atoms with Gasteiger partial charge in [0.15, 0.2) is 0 Å². The Morgan fingerprint density at radius 1 is 0.952 bits per heavy atom. The van der Waals surface area contributed by atoms with E-state index in [0.717, 1.165) is 35.1 Å². The number of aliphatic hydroxyl groups excluding tert-OH is 1. The van der Waals surface area contributed by atoms with E-state index in [1.165, 1.54) is 6.07 Å². The van der Waals surface area contributed by atoms with E-state index in [0.29, 0.717) is 55.3 Å². The first-order valence-electron chi connectivity index (χ1n) is 13.4. The number of hydrogen-bond acceptors (Lipinski definition) is 9. The van der Waals surface area contributed by atoms with Crippen molar-refractivity contribution in [1.82, 2.24) is 15.3 Å². The summed E-state index contributed by atoms with van der Waals surface area (Å²) in [6.07, 6.45) is 0.222. The number of anilines is 1. The summed E-state index contributed by atoms with van der Waals surface area (Å²) in [5.41, 5.74) is 7.00. The highest BCUT2D eigenvalue weighted by molar-refractivity contribution is 6.11. The van der Waals surface area contributed by atoms with E-state index >= 15 is 0 Å². The summed E-state index contributed by atoms with van der Waals surface area (Å²) in [4.78, 5) is 20.5. The lowest BCUT2D eigenvalue weighted by Gasteiger charge is -2.14. The molecule has 2 aromatic carbocycles. The summed E-state index contributed by atoms with van der Waals surface area (Å²) in [5.74, 6) is -0.0611. The fourth-order valence-electron chi connectivity index (χ4n) is 4.34. The zero-order chi connectivity index (χ0) is 30.0. The van der Waals surface area contributed by atoms with E-state index in [-0.39, 0.29) is 24.7 Å². The molecule has 0 saturated carbocycles. The Morgan fingerprint density at radius 3 is 2.57 bits per heavy atom. The van der Waals surface area contributed by atoms with Crippen LogP contribution in [0, 0.1) is 0 Å². The molecular formula is C29H32F3N5O5. The van der Waals surface area contributed by atoms with Gasteiger partial charge in [-0.25, -0.2) is 4.98 Å². The number of pyridine rings is 2. The molecular weight excluding hydrogens is 555 g/mol. The Bertz CT molecular complexity index is 1500. The Kier molecular flexibility index (Phi) is 10.7. The molecule has 5 N–H and O–H groups in total. The molecule has 13 heteroatoms. The van der Waals surface area contributed by atoms with Gasteiger partial charge in [0.1, 0.15) is 23.9 Å². The van der Waals surface area contributed by atoms with Gasteiger partial charge >= 0.3 is 6.36 Å². The number of aromatic nitrogens is 2. The van der Waals surface area contributed by atoms with E-state index < -0.39 is 12.3 Å². The number of nitrogens with two attached hydrogens (primary N) is 1. The van der Waals surface area contributed by atoms with Gasteiger partial charge in [-0.3, -0.25) is 9.78 Å². The van der Waals surface area contributed by atoms with Gasteiger partial charge < -0.3 is 35.7 Å². The molecule has 0 fully saturated rings. The van der Waals surface area contributed by atoms with Crippen LogP contribution in [-0.2, 0) is 11.3 Å². The number of nitrogens with one attached hydrogen (secondary N) is 2. The van der Waals surface area contributed by atoms with Crippen LogP contribution in [0.1, 0.15) is 28.8 Å². The van der Waals surface area contributed by atoms with E-state index in [4.69, 9.17) is 20.3 Å². The number of carbonyl (C=O) groups excluding carboxylic acids is 1. The number of rotatable bonds is 16. The van der Waals surface area contributed by atoms with Gasteiger partial charge in [-0.15, -0.1) is 13.2 Å². The second kappa shape index (κ2) is 14.6. The van der Waals surface area contributed by atoms with Gasteiger partial charge in [0.05, 0.1) is 18.7 Å². The molecule has 0 saturated heterocycles. The first kappa shape index (κ1) is 30.8. The Labute approximate surface area is 240 Å². The molecule has 2 heterocycles. The van der Waals surface area contributed by atoms with Gasteiger partial charge in [-0.1, -0.05) is 6.07 Å². The Balaban J connectivity index is 1.19. The molecule has 0 aliphatic carbocycles. The smallest absolute Gasteiger partial charge is 0.491 e. The lowest BCUT2D eigenvalue weighted by Crippen LogP contribution is -2.18. The van der Waals surface area contributed by atoms with Crippen molar-refractivity contribution in [3.05, 3.63) is 66.0 Å². The zero-order valence-corrected chi connectivity index (χ0v) is 22.7. The lowest BCUT2D eigenvalue weighted by molar-refractivity contribution is -0.274. The fourth-order valence-corrected chi connectivity index (χ4v) is 4.34. The lowest BCUT2D eigenvalue weighted by atomic mass is 10.1. The largest absolute Gasteiger partial charge is 0.573 e. The van der Waals surface area contributed by atoms with Crippen LogP contribution in [-0.4, -0.2) is 66.9 Å². The SMILES string of the molecule is NC(=O)c1ccc2c(c1)nc(NCCOCCCCNCc1cc(OCCO)cc(OC(F)(F)F)c1)c1ccncc12. The number of nitrogens with zero attached hydrogens (tertiary/aromatic N) is 2. The minimum absolute atomic E-state index is 0.0392. The molecule has 224 valence electrons. The van der Waals surface area contributed by atoms with Crippen LogP contribution in [0.15, 0.2) is 54.9 Å². The van der Waals surface area contributed by atoms with Gasteiger partial charge in [-0.2, -0.15) is 0 Å². The number of alkyl halides is 3. The molecule has 1 amide bonds. The second-order valence-electron chi connectivity index (χ2n) is 9.33. The third kappa shape index (κ3) is 8.90. The standard InChI is InChI=1S/C29H32F3N5O5/c30-29(31,32)42-22-14-19(13-21(16-22)41-12-9-38)17-34-6-1-2-10-40-11-8-36-28-24-5-7-35-18-25(24)23-4-3-20(27(33)39)15-26(23)37-28/h3-5,7,13-16,18,34,38H,1-2,6,8-12,17H2,(H2,33,39)(H,36,37). The molecule has 42 heavy (non-hydrogen) atoms. The summed E-state index contributed by atoms with van der Waals surface area (Å²) >= 11 is 0. The summed E-state index contributed by atoms with van der Waals surface area (Å²) in [6.45, 7) is 2.15. The summed E-state index contributed by atoms with van der Waals surface area (Å²) in [7, 11) is 0. The minimum Gasteiger partial charge on any atom is -0.491 e. The van der Waals surface area contributed by atoms with Gasteiger partial charge in [0.2, 0.25) is 5.91 Å². The van der Waals surface area contributed by atoms with Crippen LogP contribution in [0.2, 0.25) is 0 Å². The highest BCUT2D eigenvalue weighted by Gasteiger charge is 2.31. The van der Waals surface area contributed by atoms with Crippen molar-refractivity contribution in [2.45, 2.75) is 25.7 Å². The normalized spacial score (nSPS) is 11.6. The van der Waals surface area contributed by atoms with Crippen molar-refractivity contribution in [3.63, 3.8) is 0 Å². The highest BCUT2D eigenvalue weighted by Crippen LogP contribution is 2.30. The highest BCUT2D eigenvalue weighted by atomic mass is 19.4. The predicted octanol–water partition coefficient (Wildman–Crippen LogP) is 4.15. The van der Waals surface area contributed by atoms with Crippen LogP contribution < -0.4 is 25.8 Å². The number of ether oxygens (including phenoxy) is 3. The maximum absolute atomic E-state index is 12.6.